The van der Waals surface area contributed by atoms with E-state index in [1.54, 1.807) is 4.68 Å². The highest BCUT2D eigenvalue weighted by atomic mass is 32.2. The Morgan fingerprint density at radius 2 is 1.79 bits per heavy atom. The predicted molar refractivity (Wildman–Crippen MR) is 115 cm³/mol. The number of aromatic nitrogens is 4. The molecule has 0 saturated carbocycles. The number of hydrogen-bond acceptors (Lipinski definition) is 6. The molecule has 1 N–H and O–H groups in total. The Balaban J connectivity index is 1.73. The summed E-state index contributed by atoms with van der Waals surface area (Å²) in [5.74, 6) is 0.814. The molecule has 2 aromatic carbocycles. The average molecular weight is 412 g/mol. The SMILES string of the molecule is CCOc1ccccc1-n1nnnc1SCC(=O)Nc1c(CC)cccc1CC. The van der Waals surface area contributed by atoms with Crippen LogP contribution in [-0.2, 0) is 17.6 Å². The first kappa shape index (κ1) is 20.9. The number of benzene rings is 2. The van der Waals surface area contributed by atoms with E-state index in [0.29, 0.717) is 17.5 Å². The molecule has 3 aromatic rings. The summed E-state index contributed by atoms with van der Waals surface area (Å²) < 4.78 is 7.26. The van der Waals surface area contributed by atoms with Crippen molar-refractivity contribution < 1.29 is 9.53 Å². The first-order valence-corrected chi connectivity index (χ1v) is 10.7. The highest BCUT2D eigenvalue weighted by Gasteiger charge is 2.16. The molecule has 3 rings (SSSR count). The maximum atomic E-state index is 12.6. The zero-order valence-corrected chi connectivity index (χ0v) is 17.7. The van der Waals surface area contributed by atoms with Crippen molar-refractivity contribution in [1.29, 1.82) is 0 Å². The normalized spacial score (nSPS) is 10.7. The minimum Gasteiger partial charge on any atom is -0.492 e. The van der Waals surface area contributed by atoms with Crippen LogP contribution in [-0.4, -0.2) is 38.5 Å². The maximum absolute atomic E-state index is 12.6. The molecular formula is C21H25N5O2S. The van der Waals surface area contributed by atoms with E-state index >= 15 is 0 Å². The smallest absolute Gasteiger partial charge is 0.234 e. The number of nitrogens with one attached hydrogen (secondary N) is 1. The first-order chi connectivity index (χ1) is 14.2. The number of amides is 1. The van der Waals surface area contributed by atoms with Crippen LogP contribution in [0.2, 0.25) is 0 Å². The number of rotatable bonds is 9. The summed E-state index contributed by atoms with van der Waals surface area (Å²) in [5.41, 5.74) is 3.94. The van der Waals surface area contributed by atoms with Gasteiger partial charge in [-0.25, -0.2) is 0 Å². The van der Waals surface area contributed by atoms with Gasteiger partial charge in [-0.15, -0.1) is 5.10 Å². The standard InChI is InChI=1S/C21H25N5O2S/c1-4-15-10-9-11-16(5-2)20(15)22-19(27)14-29-21-23-24-25-26(21)17-12-7-8-13-18(17)28-6-3/h7-13H,4-6,14H2,1-3H3,(H,22,27). The Hall–Kier alpha value is -2.87. The van der Waals surface area contributed by atoms with Crippen LogP contribution >= 0.6 is 11.8 Å². The fourth-order valence-corrected chi connectivity index (χ4v) is 3.72. The fourth-order valence-electron chi connectivity index (χ4n) is 3.04. The lowest BCUT2D eigenvalue weighted by molar-refractivity contribution is -0.113. The average Bonchev–Trinajstić information content (AvgIpc) is 3.21. The highest BCUT2D eigenvalue weighted by molar-refractivity contribution is 7.99. The number of hydrogen-bond donors (Lipinski definition) is 1. The van der Waals surface area contributed by atoms with Gasteiger partial charge in [-0.2, -0.15) is 4.68 Å². The molecule has 0 unspecified atom stereocenters. The van der Waals surface area contributed by atoms with E-state index in [1.165, 1.54) is 11.8 Å². The molecule has 1 heterocycles. The third kappa shape index (κ3) is 4.95. The van der Waals surface area contributed by atoms with Crippen molar-refractivity contribution >= 4 is 23.4 Å². The molecule has 7 nitrogen and oxygen atoms in total. The van der Waals surface area contributed by atoms with Gasteiger partial charge < -0.3 is 10.1 Å². The number of aryl methyl sites for hydroxylation is 2. The van der Waals surface area contributed by atoms with Gasteiger partial charge in [0.2, 0.25) is 11.1 Å². The van der Waals surface area contributed by atoms with Gasteiger partial charge in [0.1, 0.15) is 11.4 Å². The summed E-state index contributed by atoms with van der Waals surface area (Å²) in [5, 5.41) is 15.5. The van der Waals surface area contributed by atoms with E-state index in [1.807, 2.05) is 49.4 Å². The van der Waals surface area contributed by atoms with Crippen LogP contribution in [0.4, 0.5) is 5.69 Å². The largest absolute Gasteiger partial charge is 0.492 e. The van der Waals surface area contributed by atoms with E-state index in [0.717, 1.165) is 35.3 Å². The molecular weight excluding hydrogens is 386 g/mol. The van der Waals surface area contributed by atoms with Crippen molar-refractivity contribution in [3.8, 4) is 11.4 Å². The molecule has 0 aliphatic rings. The summed E-state index contributed by atoms with van der Waals surface area (Å²) in [6.07, 6.45) is 1.73. The third-order valence-electron chi connectivity index (χ3n) is 4.43. The van der Waals surface area contributed by atoms with Crippen LogP contribution in [0.5, 0.6) is 5.75 Å². The molecule has 0 fully saturated rings. The lowest BCUT2D eigenvalue weighted by atomic mass is 10.0. The van der Waals surface area contributed by atoms with Gasteiger partial charge in [0.15, 0.2) is 0 Å². The van der Waals surface area contributed by atoms with Crippen molar-refractivity contribution in [3.63, 3.8) is 0 Å². The molecule has 1 amide bonds. The highest BCUT2D eigenvalue weighted by Crippen LogP contribution is 2.27. The van der Waals surface area contributed by atoms with E-state index in [9.17, 15) is 4.79 Å². The van der Waals surface area contributed by atoms with Crippen LogP contribution in [0.25, 0.3) is 5.69 Å². The minimum atomic E-state index is -0.0850. The maximum Gasteiger partial charge on any atom is 0.234 e. The van der Waals surface area contributed by atoms with Gasteiger partial charge in [-0.1, -0.05) is 55.9 Å². The number of nitrogens with zero attached hydrogens (tertiary/aromatic N) is 4. The van der Waals surface area contributed by atoms with Crippen LogP contribution in [0.3, 0.4) is 0 Å². The van der Waals surface area contributed by atoms with Gasteiger partial charge in [-0.3, -0.25) is 4.79 Å². The zero-order valence-electron chi connectivity index (χ0n) is 16.9. The van der Waals surface area contributed by atoms with Crippen molar-refractivity contribution in [3.05, 3.63) is 53.6 Å². The van der Waals surface area contributed by atoms with Crippen LogP contribution in [0, 0.1) is 0 Å². The second-order valence-electron chi connectivity index (χ2n) is 6.27. The molecule has 0 saturated heterocycles. The quantitative estimate of drug-likeness (QED) is 0.538. The molecule has 0 bridgehead atoms. The second kappa shape index (κ2) is 10.1. The van der Waals surface area contributed by atoms with Crippen molar-refractivity contribution in [1.82, 2.24) is 20.2 Å². The summed E-state index contributed by atoms with van der Waals surface area (Å²) in [7, 11) is 0. The van der Waals surface area contributed by atoms with E-state index in [-0.39, 0.29) is 11.7 Å². The van der Waals surface area contributed by atoms with Crippen LogP contribution < -0.4 is 10.1 Å². The molecule has 29 heavy (non-hydrogen) atoms. The Kier molecular flexibility index (Phi) is 7.24. The van der Waals surface area contributed by atoms with Gasteiger partial charge >= 0.3 is 0 Å². The molecule has 0 aliphatic heterocycles. The predicted octanol–water partition coefficient (Wildman–Crippen LogP) is 3.92. The fraction of sp³-hybridized carbons (Fsp3) is 0.333. The van der Waals surface area contributed by atoms with E-state index in [2.05, 4.69) is 34.7 Å². The van der Waals surface area contributed by atoms with Crippen LogP contribution in [0.1, 0.15) is 31.9 Å². The zero-order chi connectivity index (χ0) is 20.6. The molecule has 0 aliphatic carbocycles. The third-order valence-corrected chi connectivity index (χ3v) is 5.35. The Morgan fingerprint density at radius 1 is 1.07 bits per heavy atom. The molecule has 1 aromatic heterocycles. The number of para-hydroxylation sites is 3. The van der Waals surface area contributed by atoms with Crippen molar-refractivity contribution in [2.24, 2.45) is 0 Å². The minimum absolute atomic E-state index is 0.0850. The van der Waals surface area contributed by atoms with Gasteiger partial charge in [0.25, 0.3) is 0 Å². The second-order valence-corrected chi connectivity index (χ2v) is 7.21. The molecule has 0 radical (unpaired) electrons. The van der Waals surface area contributed by atoms with Gasteiger partial charge in [0.05, 0.1) is 12.4 Å². The number of thioether (sulfide) groups is 1. The first-order valence-electron chi connectivity index (χ1n) is 9.71. The van der Waals surface area contributed by atoms with Crippen LogP contribution in [0.15, 0.2) is 47.6 Å². The Bertz CT molecular complexity index is 951. The van der Waals surface area contributed by atoms with E-state index in [4.69, 9.17) is 4.74 Å². The lowest BCUT2D eigenvalue weighted by Gasteiger charge is -2.14. The molecule has 8 heteroatoms. The number of anilines is 1. The summed E-state index contributed by atoms with van der Waals surface area (Å²) >= 11 is 1.29. The van der Waals surface area contributed by atoms with Gasteiger partial charge in [-0.05, 0) is 53.5 Å². The monoisotopic (exact) mass is 411 g/mol. The summed E-state index contributed by atoms with van der Waals surface area (Å²) in [6.45, 7) is 6.64. The van der Waals surface area contributed by atoms with E-state index < -0.39 is 0 Å². The Labute approximate surface area is 174 Å². The molecule has 0 spiro atoms. The summed E-state index contributed by atoms with van der Waals surface area (Å²) in [6, 6.07) is 13.7. The van der Waals surface area contributed by atoms with Crippen molar-refractivity contribution in [2.45, 2.75) is 38.8 Å². The number of tetrazole rings is 1. The number of ether oxygens (including phenoxy) is 1. The lowest BCUT2D eigenvalue weighted by Crippen LogP contribution is -2.17. The Morgan fingerprint density at radius 3 is 2.48 bits per heavy atom. The number of carbonyl (C=O) groups excluding carboxylic acids is 1. The molecule has 0 atom stereocenters. The van der Waals surface area contributed by atoms with Crippen molar-refractivity contribution in [2.75, 3.05) is 17.7 Å². The summed E-state index contributed by atoms with van der Waals surface area (Å²) in [4.78, 5) is 12.6. The molecule has 152 valence electrons. The number of carbonyl (C=O) groups is 1. The topological polar surface area (TPSA) is 81.9 Å². The van der Waals surface area contributed by atoms with Gasteiger partial charge in [0, 0.05) is 5.69 Å².